The largest absolute Gasteiger partial charge is 0.425 e. The molecule has 1 saturated carbocycles. The van der Waals surface area contributed by atoms with E-state index in [9.17, 15) is 18.0 Å². The van der Waals surface area contributed by atoms with Crippen LogP contribution in [-0.2, 0) is 30.5 Å². The first-order valence-electron chi connectivity index (χ1n) is 12.9. The second-order valence-electron chi connectivity index (χ2n) is 10.00. The maximum atomic E-state index is 12.5. The number of carbonyl (C=O) groups excluding carboxylic acids is 1. The standard InChI is InChI=1S/C26H34F3N5O2/c1-18-32-33-25(36-18)16-24(35)30-17-20-4-2-19(3-5-20)9-13-34-14-10-21-6-7-22(8-12-26(27,28)29)31-23(21)11-15-34/h6-7,17,19-20H,2-5,8-16H2,1H3. The molecule has 1 fully saturated rings. The van der Waals surface area contributed by atoms with E-state index in [2.05, 4.69) is 25.1 Å². The van der Waals surface area contributed by atoms with Gasteiger partial charge in [-0.1, -0.05) is 6.07 Å². The molecule has 1 amide bonds. The van der Waals surface area contributed by atoms with Crippen LogP contribution < -0.4 is 0 Å². The van der Waals surface area contributed by atoms with Crippen molar-refractivity contribution in [2.24, 2.45) is 16.8 Å². The molecule has 1 aliphatic heterocycles. The second-order valence-corrected chi connectivity index (χ2v) is 10.00. The first kappa shape index (κ1) is 26.4. The van der Waals surface area contributed by atoms with Crippen molar-refractivity contribution in [3.63, 3.8) is 0 Å². The summed E-state index contributed by atoms with van der Waals surface area (Å²) in [5.74, 6) is 1.48. The minimum absolute atomic E-state index is 0.0385. The lowest BCUT2D eigenvalue weighted by molar-refractivity contribution is -0.134. The molecule has 10 heteroatoms. The topological polar surface area (TPSA) is 84.5 Å². The summed E-state index contributed by atoms with van der Waals surface area (Å²) in [4.78, 5) is 23.1. The van der Waals surface area contributed by atoms with Crippen LogP contribution in [0.4, 0.5) is 13.2 Å². The Balaban J connectivity index is 1.16. The van der Waals surface area contributed by atoms with E-state index in [0.717, 1.165) is 75.8 Å². The molecular formula is C26H34F3N5O2. The van der Waals surface area contributed by atoms with Gasteiger partial charge in [0, 0.05) is 50.5 Å². The quantitative estimate of drug-likeness (QED) is 0.484. The average molecular weight is 506 g/mol. The second kappa shape index (κ2) is 12.1. The number of aliphatic imine (C=N–C) groups is 1. The highest BCUT2D eigenvalue weighted by Gasteiger charge is 2.27. The van der Waals surface area contributed by atoms with Gasteiger partial charge in [-0.15, -0.1) is 10.2 Å². The van der Waals surface area contributed by atoms with Crippen LogP contribution in [0.15, 0.2) is 21.5 Å². The molecule has 0 unspecified atom stereocenters. The summed E-state index contributed by atoms with van der Waals surface area (Å²) in [5.41, 5.74) is 2.66. The van der Waals surface area contributed by atoms with Crippen LogP contribution >= 0.6 is 0 Å². The summed E-state index contributed by atoms with van der Waals surface area (Å²) < 4.78 is 42.8. The van der Waals surface area contributed by atoms with Gasteiger partial charge in [-0.3, -0.25) is 9.78 Å². The monoisotopic (exact) mass is 505 g/mol. The molecule has 196 valence electrons. The molecule has 1 aliphatic carbocycles. The summed E-state index contributed by atoms with van der Waals surface area (Å²) in [6, 6.07) is 3.72. The van der Waals surface area contributed by atoms with E-state index in [1.165, 1.54) is 0 Å². The number of rotatable bonds is 8. The number of fused-ring (bicyclic) bond motifs is 1. The number of halogens is 3. The maximum absolute atomic E-state index is 12.5. The smallest absolute Gasteiger partial charge is 0.389 e. The van der Waals surface area contributed by atoms with Crippen molar-refractivity contribution in [2.45, 2.75) is 77.3 Å². The SMILES string of the molecule is Cc1nnc(CC(=O)N=CC2CCC(CCN3CCc4ccc(CCC(F)(F)F)nc4CC3)CC2)o1. The Labute approximate surface area is 209 Å². The zero-order valence-electron chi connectivity index (χ0n) is 20.8. The zero-order valence-corrected chi connectivity index (χ0v) is 20.8. The average Bonchev–Trinajstić information content (AvgIpc) is 3.14. The number of hydrogen-bond acceptors (Lipinski definition) is 6. The summed E-state index contributed by atoms with van der Waals surface area (Å²) >= 11 is 0. The molecule has 0 atom stereocenters. The van der Waals surface area contributed by atoms with Crippen molar-refractivity contribution in [2.75, 3.05) is 19.6 Å². The molecule has 2 aliphatic rings. The Bertz CT molecular complexity index is 1040. The van der Waals surface area contributed by atoms with Crippen LogP contribution in [0, 0.1) is 18.8 Å². The molecule has 0 aromatic carbocycles. The van der Waals surface area contributed by atoms with Gasteiger partial charge in [-0.05, 0) is 75.0 Å². The highest BCUT2D eigenvalue weighted by molar-refractivity contribution is 5.86. The first-order chi connectivity index (χ1) is 17.2. The number of aryl methyl sites for hydroxylation is 2. The molecule has 0 spiro atoms. The molecule has 0 radical (unpaired) electrons. The van der Waals surface area contributed by atoms with Crippen molar-refractivity contribution in [3.8, 4) is 0 Å². The van der Waals surface area contributed by atoms with Crippen molar-refractivity contribution < 1.29 is 22.4 Å². The normalized spacial score (nSPS) is 21.4. The minimum Gasteiger partial charge on any atom is -0.425 e. The zero-order chi connectivity index (χ0) is 25.5. The third-order valence-electron chi connectivity index (χ3n) is 7.20. The van der Waals surface area contributed by atoms with Gasteiger partial charge < -0.3 is 9.32 Å². The maximum Gasteiger partial charge on any atom is 0.389 e. The summed E-state index contributed by atoms with van der Waals surface area (Å²) in [6.45, 7) is 4.57. The van der Waals surface area contributed by atoms with Gasteiger partial charge >= 0.3 is 6.18 Å². The minimum atomic E-state index is -4.15. The Morgan fingerprint density at radius 1 is 1.17 bits per heavy atom. The highest BCUT2D eigenvalue weighted by Crippen LogP contribution is 2.30. The predicted molar refractivity (Wildman–Crippen MR) is 129 cm³/mol. The fraction of sp³-hybridized carbons (Fsp3) is 0.654. The molecule has 4 rings (SSSR count). The van der Waals surface area contributed by atoms with Crippen LogP contribution in [0.5, 0.6) is 0 Å². The van der Waals surface area contributed by atoms with Crippen LogP contribution in [0.3, 0.4) is 0 Å². The van der Waals surface area contributed by atoms with E-state index in [-0.39, 0.29) is 18.7 Å². The van der Waals surface area contributed by atoms with Crippen LogP contribution in [0.2, 0.25) is 0 Å². The molecule has 0 N–H and O–H groups in total. The van der Waals surface area contributed by atoms with Crippen molar-refractivity contribution in [1.29, 1.82) is 0 Å². The van der Waals surface area contributed by atoms with Crippen LogP contribution in [0.25, 0.3) is 0 Å². The Morgan fingerprint density at radius 2 is 1.94 bits per heavy atom. The summed E-state index contributed by atoms with van der Waals surface area (Å²) in [7, 11) is 0. The van der Waals surface area contributed by atoms with Crippen molar-refractivity contribution in [3.05, 3.63) is 40.9 Å². The predicted octanol–water partition coefficient (Wildman–Crippen LogP) is 4.71. The number of nitrogens with zero attached hydrogens (tertiary/aromatic N) is 5. The molecule has 2 aromatic rings. The number of hydrogen-bond donors (Lipinski definition) is 0. The molecular weight excluding hydrogens is 471 g/mol. The van der Waals surface area contributed by atoms with Gasteiger partial charge in [0.2, 0.25) is 11.8 Å². The Morgan fingerprint density at radius 3 is 2.67 bits per heavy atom. The van der Waals surface area contributed by atoms with E-state index in [4.69, 9.17) is 4.42 Å². The van der Waals surface area contributed by atoms with Gasteiger partial charge in [0.25, 0.3) is 5.91 Å². The lowest BCUT2D eigenvalue weighted by Crippen LogP contribution is -2.29. The molecule has 36 heavy (non-hydrogen) atoms. The molecule has 7 nitrogen and oxygen atoms in total. The van der Waals surface area contributed by atoms with Gasteiger partial charge in [0.15, 0.2) is 0 Å². The summed E-state index contributed by atoms with van der Waals surface area (Å²) in [6.07, 6.45) is 3.96. The van der Waals surface area contributed by atoms with Crippen LogP contribution in [-0.4, -0.2) is 58.0 Å². The molecule has 2 aromatic heterocycles. The number of pyridine rings is 1. The van der Waals surface area contributed by atoms with Crippen molar-refractivity contribution >= 4 is 12.1 Å². The van der Waals surface area contributed by atoms with E-state index >= 15 is 0 Å². The fourth-order valence-electron chi connectivity index (χ4n) is 5.07. The van der Waals surface area contributed by atoms with Gasteiger partial charge in [-0.25, -0.2) is 4.99 Å². The number of carbonyl (C=O) groups is 1. The number of amides is 1. The van der Waals surface area contributed by atoms with E-state index in [0.29, 0.717) is 29.3 Å². The first-order valence-corrected chi connectivity index (χ1v) is 12.9. The van der Waals surface area contributed by atoms with E-state index < -0.39 is 12.6 Å². The molecule has 3 heterocycles. The van der Waals surface area contributed by atoms with Crippen molar-refractivity contribution in [1.82, 2.24) is 20.1 Å². The highest BCUT2D eigenvalue weighted by atomic mass is 19.4. The lowest BCUT2D eigenvalue weighted by Gasteiger charge is -2.28. The molecule has 0 bridgehead atoms. The van der Waals surface area contributed by atoms with E-state index in [1.54, 1.807) is 19.2 Å². The van der Waals surface area contributed by atoms with Gasteiger partial charge in [0.1, 0.15) is 6.42 Å². The fourth-order valence-corrected chi connectivity index (χ4v) is 5.07. The summed E-state index contributed by atoms with van der Waals surface area (Å²) in [5, 5.41) is 7.55. The number of aromatic nitrogens is 3. The molecule has 0 saturated heterocycles. The lowest BCUT2D eigenvalue weighted by atomic mass is 9.81. The Kier molecular flexibility index (Phi) is 8.87. The third kappa shape index (κ3) is 8.21. The van der Waals surface area contributed by atoms with Gasteiger partial charge in [-0.2, -0.15) is 13.2 Å². The number of alkyl halides is 3. The van der Waals surface area contributed by atoms with E-state index in [1.807, 2.05) is 6.07 Å². The Hall–Kier alpha value is -2.62. The van der Waals surface area contributed by atoms with Gasteiger partial charge in [0.05, 0.1) is 0 Å². The third-order valence-corrected chi connectivity index (χ3v) is 7.20. The van der Waals surface area contributed by atoms with Crippen LogP contribution in [0.1, 0.15) is 67.3 Å².